The van der Waals surface area contributed by atoms with Crippen molar-refractivity contribution < 1.29 is 4.74 Å². The Labute approximate surface area is 114 Å². The first-order valence-corrected chi connectivity index (χ1v) is 6.40. The third-order valence-electron chi connectivity index (χ3n) is 2.10. The van der Waals surface area contributed by atoms with Gasteiger partial charge in [0.2, 0.25) is 0 Å². The molecule has 0 aliphatic carbocycles. The van der Waals surface area contributed by atoms with Gasteiger partial charge in [0.05, 0.1) is 21.6 Å². The molecule has 1 heterocycles. The van der Waals surface area contributed by atoms with Crippen LogP contribution in [0.25, 0.3) is 5.69 Å². The maximum atomic E-state index is 5.86. The lowest BCUT2D eigenvalue weighted by Gasteiger charge is -2.12. The van der Waals surface area contributed by atoms with Crippen molar-refractivity contribution in [3.05, 3.63) is 34.2 Å². The largest absolute Gasteiger partial charge is 0.491 e. The quantitative estimate of drug-likeness (QED) is 0.689. The first-order chi connectivity index (χ1) is 8.04. The molecule has 0 spiro atoms. The topological polar surface area (TPSA) is 53.1 Å². The highest BCUT2D eigenvalue weighted by molar-refractivity contribution is 14.1. The van der Waals surface area contributed by atoms with Gasteiger partial charge in [-0.15, -0.1) is 0 Å². The van der Waals surface area contributed by atoms with Crippen LogP contribution < -0.4 is 10.5 Å². The van der Waals surface area contributed by atoms with Crippen molar-refractivity contribution in [3.8, 4) is 11.4 Å². The van der Waals surface area contributed by atoms with E-state index >= 15 is 0 Å². The van der Waals surface area contributed by atoms with Gasteiger partial charge in [-0.2, -0.15) is 5.10 Å². The monoisotopic (exact) mass is 343 g/mol. The molecule has 0 saturated heterocycles. The molecule has 17 heavy (non-hydrogen) atoms. The van der Waals surface area contributed by atoms with Gasteiger partial charge in [-0.05, 0) is 42.5 Å². The molecule has 4 nitrogen and oxygen atoms in total. The van der Waals surface area contributed by atoms with Gasteiger partial charge in [-0.1, -0.05) is 0 Å². The Morgan fingerprint density at radius 3 is 2.71 bits per heavy atom. The van der Waals surface area contributed by atoms with Gasteiger partial charge in [0.25, 0.3) is 0 Å². The summed E-state index contributed by atoms with van der Waals surface area (Å²) in [5, 5.41) is 4.25. The van der Waals surface area contributed by atoms with Crippen molar-refractivity contribution in [1.82, 2.24) is 9.78 Å². The van der Waals surface area contributed by atoms with Crippen LogP contribution in [0.2, 0.25) is 0 Å². The maximum Gasteiger partial charge on any atom is 0.123 e. The molecule has 0 atom stereocenters. The molecule has 0 aliphatic heterocycles. The Morgan fingerprint density at radius 1 is 1.35 bits per heavy atom. The van der Waals surface area contributed by atoms with Crippen LogP contribution in [0.5, 0.6) is 5.75 Å². The van der Waals surface area contributed by atoms with Gasteiger partial charge in [0, 0.05) is 24.0 Å². The lowest BCUT2D eigenvalue weighted by Crippen LogP contribution is -2.06. The van der Waals surface area contributed by atoms with Gasteiger partial charge < -0.3 is 10.5 Å². The normalized spacial score (nSPS) is 10.8. The zero-order valence-corrected chi connectivity index (χ0v) is 11.9. The minimum absolute atomic E-state index is 0.127. The van der Waals surface area contributed by atoms with E-state index in [-0.39, 0.29) is 6.10 Å². The zero-order valence-electron chi connectivity index (χ0n) is 9.72. The van der Waals surface area contributed by atoms with Crippen molar-refractivity contribution in [2.45, 2.75) is 20.0 Å². The average Bonchev–Trinajstić information content (AvgIpc) is 2.62. The van der Waals surface area contributed by atoms with Crippen LogP contribution >= 0.6 is 22.6 Å². The van der Waals surface area contributed by atoms with Crippen LogP contribution in [0, 0.1) is 3.57 Å². The molecule has 2 rings (SSSR count). The Hall–Kier alpha value is -1.24. The third-order valence-corrected chi connectivity index (χ3v) is 2.66. The first-order valence-electron chi connectivity index (χ1n) is 5.32. The van der Waals surface area contributed by atoms with E-state index in [4.69, 9.17) is 10.5 Å². The van der Waals surface area contributed by atoms with Crippen LogP contribution in [0.3, 0.4) is 0 Å². The molecule has 0 amide bonds. The summed E-state index contributed by atoms with van der Waals surface area (Å²) in [7, 11) is 0. The van der Waals surface area contributed by atoms with Crippen LogP contribution in [0.4, 0.5) is 5.69 Å². The number of hydrogen-bond donors (Lipinski definition) is 1. The van der Waals surface area contributed by atoms with E-state index in [1.54, 1.807) is 10.9 Å². The Bertz CT molecular complexity index is 522. The highest BCUT2D eigenvalue weighted by atomic mass is 127. The van der Waals surface area contributed by atoms with Crippen molar-refractivity contribution in [2.24, 2.45) is 0 Å². The molecule has 0 saturated carbocycles. The molecule has 1 aromatic heterocycles. The number of nitrogen functional groups attached to an aromatic ring is 1. The molecule has 0 radical (unpaired) electrons. The second-order valence-electron chi connectivity index (χ2n) is 4.03. The van der Waals surface area contributed by atoms with Crippen molar-refractivity contribution in [2.75, 3.05) is 5.73 Å². The number of benzene rings is 1. The summed E-state index contributed by atoms with van der Waals surface area (Å²) in [5.74, 6) is 0.764. The lowest BCUT2D eigenvalue weighted by molar-refractivity contribution is 0.242. The second kappa shape index (κ2) is 4.95. The number of anilines is 1. The highest BCUT2D eigenvalue weighted by Crippen LogP contribution is 2.22. The van der Waals surface area contributed by atoms with Gasteiger partial charge in [0.1, 0.15) is 5.75 Å². The number of rotatable bonds is 3. The van der Waals surface area contributed by atoms with Gasteiger partial charge in [-0.25, -0.2) is 4.68 Å². The summed E-state index contributed by atoms with van der Waals surface area (Å²) in [5.41, 5.74) is 7.43. The number of hydrogen-bond acceptors (Lipinski definition) is 3. The molecule has 2 aromatic rings. The second-order valence-corrected chi connectivity index (χ2v) is 5.28. The van der Waals surface area contributed by atoms with Gasteiger partial charge >= 0.3 is 0 Å². The number of halogens is 1. The number of ether oxygens (including phenoxy) is 1. The highest BCUT2D eigenvalue weighted by Gasteiger charge is 2.05. The molecule has 0 unspecified atom stereocenters. The maximum absolute atomic E-state index is 5.86. The molecular weight excluding hydrogens is 329 g/mol. The van der Waals surface area contributed by atoms with E-state index in [0.29, 0.717) is 5.69 Å². The molecule has 0 fully saturated rings. The fraction of sp³-hybridized carbons (Fsp3) is 0.250. The summed E-state index contributed by atoms with van der Waals surface area (Å²) in [6.07, 6.45) is 3.86. The molecular formula is C12H14IN3O. The van der Waals surface area contributed by atoms with Crippen molar-refractivity contribution >= 4 is 28.3 Å². The van der Waals surface area contributed by atoms with Crippen molar-refractivity contribution in [3.63, 3.8) is 0 Å². The number of nitrogens with two attached hydrogens (primary N) is 1. The molecule has 0 bridgehead atoms. The fourth-order valence-electron chi connectivity index (χ4n) is 1.52. The molecule has 0 aliphatic rings. The zero-order chi connectivity index (χ0) is 12.4. The van der Waals surface area contributed by atoms with E-state index in [9.17, 15) is 0 Å². The van der Waals surface area contributed by atoms with E-state index < -0.39 is 0 Å². The molecule has 5 heteroatoms. The van der Waals surface area contributed by atoms with Crippen LogP contribution in [0.15, 0.2) is 30.6 Å². The van der Waals surface area contributed by atoms with Crippen LogP contribution in [-0.2, 0) is 0 Å². The SMILES string of the molecule is CC(C)Oc1cc(N)cc(-n2cc(I)cn2)c1. The predicted molar refractivity (Wildman–Crippen MR) is 76.5 cm³/mol. The Balaban J connectivity index is 2.37. The molecule has 1 aromatic carbocycles. The summed E-state index contributed by atoms with van der Waals surface area (Å²) >= 11 is 2.22. The summed E-state index contributed by atoms with van der Waals surface area (Å²) in [6.45, 7) is 3.97. The van der Waals surface area contributed by atoms with E-state index in [1.165, 1.54) is 0 Å². The summed E-state index contributed by atoms with van der Waals surface area (Å²) in [6, 6.07) is 5.62. The van der Waals surface area contributed by atoms with E-state index in [2.05, 4.69) is 27.7 Å². The van der Waals surface area contributed by atoms with Gasteiger partial charge in [0.15, 0.2) is 0 Å². The first kappa shape index (κ1) is 12.2. The number of nitrogens with zero attached hydrogens (tertiary/aromatic N) is 2. The van der Waals surface area contributed by atoms with Gasteiger partial charge in [-0.3, -0.25) is 0 Å². The van der Waals surface area contributed by atoms with Crippen molar-refractivity contribution in [1.29, 1.82) is 0 Å². The minimum atomic E-state index is 0.127. The molecule has 90 valence electrons. The molecule has 2 N–H and O–H groups in total. The smallest absolute Gasteiger partial charge is 0.123 e. The van der Waals surface area contributed by atoms with Crippen LogP contribution in [-0.4, -0.2) is 15.9 Å². The fourth-order valence-corrected chi connectivity index (χ4v) is 1.91. The van der Waals surface area contributed by atoms with E-state index in [0.717, 1.165) is 15.0 Å². The van der Waals surface area contributed by atoms with Crippen LogP contribution in [0.1, 0.15) is 13.8 Å². The lowest BCUT2D eigenvalue weighted by atomic mass is 10.2. The summed E-state index contributed by atoms with van der Waals surface area (Å²) in [4.78, 5) is 0. The summed E-state index contributed by atoms with van der Waals surface area (Å²) < 4.78 is 8.50. The Kier molecular flexibility index (Phi) is 3.56. The standard InChI is InChI=1S/C12H14IN3O/c1-8(2)17-12-4-10(14)3-11(5-12)16-7-9(13)6-15-16/h3-8H,14H2,1-2H3. The minimum Gasteiger partial charge on any atom is -0.491 e. The Morgan fingerprint density at radius 2 is 2.12 bits per heavy atom. The predicted octanol–water partition coefficient (Wildman–Crippen LogP) is 2.85. The number of aromatic nitrogens is 2. The third kappa shape index (κ3) is 3.12. The average molecular weight is 343 g/mol. The van der Waals surface area contributed by atoms with E-state index in [1.807, 2.05) is 38.2 Å².